The maximum atomic E-state index is 11.4. The Bertz CT molecular complexity index is 477. The fraction of sp³-hybridized carbons (Fsp3) is 0.625. The molecule has 0 aliphatic carbocycles. The molecule has 0 spiro atoms. The van der Waals surface area contributed by atoms with E-state index in [1.54, 1.807) is 0 Å². The Morgan fingerprint density at radius 3 is 3.05 bits per heavy atom. The zero-order valence-electron chi connectivity index (χ0n) is 13.0. The molecule has 3 N–H and O–H groups in total. The molecule has 0 saturated carbocycles. The molecule has 0 aromatic carbocycles. The predicted molar refractivity (Wildman–Crippen MR) is 84.8 cm³/mol. The van der Waals surface area contributed by atoms with Crippen molar-refractivity contribution in [1.82, 2.24) is 9.88 Å². The summed E-state index contributed by atoms with van der Waals surface area (Å²) in [5, 5.41) is 3.37. The molecule has 0 bridgehead atoms. The maximum Gasteiger partial charge on any atom is 0.221 e. The topological polar surface area (TPSA) is 71.2 Å². The number of pyridine rings is 1. The van der Waals surface area contributed by atoms with Crippen LogP contribution in [0.2, 0.25) is 0 Å². The molecule has 2 rings (SSSR count). The number of piperidine rings is 1. The van der Waals surface area contributed by atoms with Crippen LogP contribution in [-0.4, -0.2) is 34.9 Å². The van der Waals surface area contributed by atoms with Gasteiger partial charge < -0.3 is 11.1 Å². The van der Waals surface area contributed by atoms with Crippen LogP contribution in [0.25, 0.3) is 0 Å². The summed E-state index contributed by atoms with van der Waals surface area (Å²) >= 11 is 0. The Morgan fingerprint density at radius 2 is 2.33 bits per heavy atom. The molecule has 2 heterocycles. The molecular formula is C16H26N4O. The normalized spacial score (nSPS) is 23.0. The molecular weight excluding hydrogens is 264 g/mol. The number of anilines is 1. The minimum absolute atomic E-state index is 0.0232. The van der Waals surface area contributed by atoms with Gasteiger partial charge in [-0.25, -0.2) is 4.98 Å². The molecule has 0 radical (unpaired) electrons. The minimum Gasteiger partial charge on any atom is -0.370 e. The summed E-state index contributed by atoms with van der Waals surface area (Å²) < 4.78 is 0. The van der Waals surface area contributed by atoms with Crippen LogP contribution in [-0.2, 0) is 11.3 Å². The van der Waals surface area contributed by atoms with Crippen LogP contribution in [0.4, 0.5) is 5.82 Å². The summed E-state index contributed by atoms with van der Waals surface area (Å²) in [6, 6.07) is 4.54. The fourth-order valence-electron chi connectivity index (χ4n) is 2.82. The van der Waals surface area contributed by atoms with Gasteiger partial charge in [0, 0.05) is 37.4 Å². The second kappa shape index (κ2) is 7.41. The van der Waals surface area contributed by atoms with Gasteiger partial charge in [-0.15, -0.1) is 0 Å². The fourth-order valence-corrected chi connectivity index (χ4v) is 2.82. The van der Waals surface area contributed by atoms with Gasteiger partial charge in [-0.1, -0.05) is 13.0 Å². The number of nitrogens with zero attached hydrogens (tertiary/aromatic N) is 2. The van der Waals surface area contributed by atoms with Crippen LogP contribution in [0, 0.1) is 5.92 Å². The highest BCUT2D eigenvalue weighted by Gasteiger charge is 2.28. The molecule has 1 aliphatic rings. The Morgan fingerprint density at radius 1 is 1.52 bits per heavy atom. The molecule has 21 heavy (non-hydrogen) atoms. The predicted octanol–water partition coefficient (Wildman–Crippen LogP) is 1.99. The van der Waals surface area contributed by atoms with Crippen molar-refractivity contribution in [2.45, 2.75) is 45.7 Å². The van der Waals surface area contributed by atoms with Crippen LogP contribution in [0.1, 0.15) is 38.7 Å². The van der Waals surface area contributed by atoms with Gasteiger partial charge in [0.15, 0.2) is 0 Å². The lowest BCUT2D eigenvalue weighted by atomic mass is 9.92. The van der Waals surface area contributed by atoms with Crippen molar-refractivity contribution >= 4 is 11.7 Å². The molecule has 2 unspecified atom stereocenters. The monoisotopic (exact) mass is 290 g/mol. The third-order valence-corrected chi connectivity index (χ3v) is 4.22. The highest BCUT2D eigenvalue weighted by atomic mass is 16.1. The highest BCUT2D eigenvalue weighted by molar-refractivity contribution is 5.77. The molecule has 1 aromatic rings. The van der Waals surface area contributed by atoms with E-state index in [0.717, 1.165) is 44.7 Å². The lowest BCUT2D eigenvalue weighted by molar-refractivity contribution is -0.124. The first-order valence-electron chi connectivity index (χ1n) is 7.83. The number of nitrogens with two attached hydrogens (primary N) is 1. The van der Waals surface area contributed by atoms with E-state index in [0.29, 0.717) is 6.04 Å². The van der Waals surface area contributed by atoms with E-state index < -0.39 is 0 Å². The van der Waals surface area contributed by atoms with Crippen molar-refractivity contribution < 1.29 is 4.79 Å². The number of aromatic nitrogens is 1. The smallest absolute Gasteiger partial charge is 0.221 e. The Labute approximate surface area is 126 Å². The molecule has 5 heteroatoms. The number of hydrogen-bond donors (Lipinski definition) is 2. The van der Waals surface area contributed by atoms with Crippen molar-refractivity contribution in [2.75, 3.05) is 18.4 Å². The second-order valence-corrected chi connectivity index (χ2v) is 5.89. The number of likely N-dealkylation sites (tertiary alicyclic amines) is 1. The second-order valence-electron chi connectivity index (χ2n) is 5.89. The lowest BCUT2D eigenvalue weighted by Gasteiger charge is -2.37. The van der Waals surface area contributed by atoms with Gasteiger partial charge in [-0.05, 0) is 32.3 Å². The summed E-state index contributed by atoms with van der Waals surface area (Å²) in [6.45, 7) is 6.83. The van der Waals surface area contributed by atoms with Gasteiger partial charge in [0.1, 0.15) is 5.82 Å². The van der Waals surface area contributed by atoms with Crippen LogP contribution in [0.5, 0.6) is 0 Å². The number of carbonyl (C=O) groups excluding carboxylic acids is 1. The number of primary amides is 1. The van der Waals surface area contributed by atoms with Crippen LogP contribution >= 0.6 is 0 Å². The van der Waals surface area contributed by atoms with E-state index in [2.05, 4.69) is 35.1 Å². The van der Waals surface area contributed by atoms with Gasteiger partial charge in [0.25, 0.3) is 0 Å². The van der Waals surface area contributed by atoms with Crippen molar-refractivity contribution in [1.29, 1.82) is 0 Å². The first-order chi connectivity index (χ1) is 10.1. The summed E-state index contributed by atoms with van der Waals surface area (Å²) in [6.07, 6.45) is 4.81. The van der Waals surface area contributed by atoms with Gasteiger partial charge >= 0.3 is 0 Å². The SMILES string of the molecule is CCCNc1ncccc1CN1CC(C(N)=O)CCC1C. The number of carbonyl (C=O) groups is 1. The van der Waals surface area contributed by atoms with E-state index in [-0.39, 0.29) is 11.8 Å². The first-order valence-corrected chi connectivity index (χ1v) is 7.83. The first kappa shape index (κ1) is 15.8. The molecule has 1 aromatic heterocycles. The summed E-state index contributed by atoms with van der Waals surface area (Å²) in [5.41, 5.74) is 6.66. The molecule has 2 atom stereocenters. The van der Waals surface area contributed by atoms with Crippen molar-refractivity contribution in [3.8, 4) is 0 Å². The van der Waals surface area contributed by atoms with Crippen LogP contribution in [0.3, 0.4) is 0 Å². The average Bonchev–Trinajstić information content (AvgIpc) is 2.48. The minimum atomic E-state index is -0.178. The molecule has 5 nitrogen and oxygen atoms in total. The van der Waals surface area contributed by atoms with Crippen molar-refractivity contribution in [3.63, 3.8) is 0 Å². The third-order valence-electron chi connectivity index (χ3n) is 4.22. The largest absolute Gasteiger partial charge is 0.370 e. The zero-order chi connectivity index (χ0) is 15.2. The van der Waals surface area contributed by atoms with Gasteiger partial charge in [0.2, 0.25) is 5.91 Å². The van der Waals surface area contributed by atoms with Crippen molar-refractivity contribution in [2.24, 2.45) is 11.7 Å². The van der Waals surface area contributed by atoms with Gasteiger partial charge in [0.05, 0.1) is 5.92 Å². The van der Waals surface area contributed by atoms with Crippen LogP contribution in [0.15, 0.2) is 18.3 Å². The maximum absolute atomic E-state index is 11.4. The standard InChI is InChI=1S/C16H26N4O/c1-3-8-18-16-14(5-4-9-19-16)11-20-10-13(15(17)21)7-6-12(20)2/h4-5,9,12-13H,3,6-8,10-11H2,1-2H3,(H2,17,21)(H,18,19). The molecule has 1 amide bonds. The number of amides is 1. The Kier molecular flexibility index (Phi) is 5.56. The number of nitrogens with one attached hydrogen (secondary N) is 1. The van der Waals surface area contributed by atoms with Crippen LogP contribution < -0.4 is 11.1 Å². The zero-order valence-corrected chi connectivity index (χ0v) is 13.0. The van der Waals surface area contributed by atoms with E-state index in [1.165, 1.54) is 5.56 Å². The number of hydrogen-bond acceptors (Lipinski definition) is 4. The molecule has 1 aliphatic heterocycles. The van der Waals surface area contributed by atoms with E-state index in [9.17, 15) is 4.79 Å². The van der Waals surface area contributed by atoms with Gasteiger partial charge in [-0.2, -0.15) is 0 Å². The third kappa shape index (κ3) is 4.17. The van der Waals surface area contributed by atoms with Gasteiger partial charge in [-0.3, -0.25) is 9.69 Å². The molecule has 1 fully saturated rings. The Hall–Kier alpha value is -1.62. The van der Waals surface area contributed by atoms with E-state index in [4.69, 9.17) is 5.73 Å². The van der Waals surface area contributed by atoms with E-state index in [1.807, 2.05) is 12.3 Å². The number of rotatable bonds is 6. The lowest BCUT2D eigenvalue weighted by Crippen LogP contribution is -2.45. The summed E-state index contributed by atoms with van der Waals surface area (Å²) in [4.78, 5) is 18.2. The van der Waals surface area contributed by atoms with E-state index >= 15 is 0 Å². The molecule has 116 valence electrons. The van der Waals surface area contributed by atoms with Crippen molar-refractivity contribution in [3.05, 3.63) is 23.9 Å². The molecule has 1 saturated heterocycles. The quantitative estimate of drug-likeness (QED) is 0.840. The Balaban J connectivity index is 2.07. The summed E-state index contributed by atoms with van der Waals surface area (Å²) in [7, 11) is 0. The summed E-state index contributed by atoms with van der Waals surface area (Å²) in [5.74, 6) is 0.750. The highest BCUT2D eigenvalue weighted by Crippen LogP contribution is 2.25. The average molecular weight is 290 g/mol.